The molecule has 0 aliphatic carbocycles. The maximum absolute atomic E-state index is 11.2. The molecule has 1 aromatic rings. The molecule has 6 heteroatoms. The Balaban J connectivity index is 2.06. The molecule has 2 rings (SSSR count). The van der Waals surface area contributed by atoms with E-state index >= 15 is 0 Å². The number of nitrogens with zero attached hydrogens (tertiary/aromatic N) is 2. The van der Waals surface area contributed by atoms with E-state index in [0.29, 0.717) is 10.2 Å². The first-order valence-corrected chi connectivity index (χ1v) is 6.25. The second kappa shape index (κ2) is 5.33. The van der Waals surface area contributed by atoms with Gasteiger partial charge in [0.2, 0.25) is 5.91 Å². The minimum absolute atomic E-state index is 0.0401. The second-order valence-corrected chi connectivity index (χ2v) is 5.16. The van der Waals surface area contributed by atoms with Crippen LogP contribution < -0.4 is 5.32 Å². The van der Waals surface area contributed by atoms with Crippen LogP contribution in [-0.4, -0.2) is 22.5 Å². The molecule has 4 nitrogen and oxygen atoms in total. The monoisotopic (exact) mass is 267 g/mol. The van der Waals surface area contributed by atoms with Crippen molar-refractivity contribution in [2.75, 3.05) is 0 Å². The van der Waals surface area contributed by atoms with Crippen LogP contribution in [0, 0.1) is 0 Å². The van der Waals surface area contributed by atoms with Crippen molar-refractivity contribution in [3.05, 3.63) is 34.9 Å². The highest BCUT2D eigenvalue weighted by molar-refractivity contribution is 8.15. The predicted molar refractivity (Wildman–Crippen MR) is 71.7 cm³/mol. The van der Waals surface area contributed by atoms with Gasteiger partial charge in [-0.15, -0.1) is 5.10 Å². The van der Waals surface area contributed by atoms with Gasteiger partial charge in [0.15, 0.2) is 5.17 Å². The first-order valence-electron chi connectivity index (χ1n) is 5.00. The highest BCUT2D eigenvalue weighted by Crippen LogP contribution is 2.18. The van der Waals surface area contributed by atoms with Crippen LogP contribution in [0.25, 0.3) is 0 Å². The zero-order valence-corrected chi connectivity index (χ0v) is 10.6. The van der Waals surface area contributed by atoms with Crippen LogP contribution in [-0.2, 0) is 4.79 Å². The van der Waals surface area contributed by atoms with E-state index in [-0.39, 0.29) is 11.2 Å². The van der Waals surface area contributed by atoms with Gasteiger partial charge in [0.1, 0.15) is 0 Å². The van der Waals surface area contributed by atoms with E-state index in [9.17, 15) is 4.79 Å². The quantitative estimate of drug-likeness (QED) is 0.660. The van der Waals surface area contributed by atoms with Crippen molar-refractivity contribution in [1.82, 2.24) is 5.32 Å². The van der Waals surface area contributed by atoms with Gasteiger partial charge in [-0.3, -0.25) is 4.79 Å². The first kappa shape index (κ1) is 12.1. The summed E-state index contributed by atoms with van der Waals surface area (Å²) in [5, 5.41) is 11.5. The van der Waals surface area contributed by atoms with Gasteiger partial charge in [-0.1, -0.05) is 41.6 Å². The SMILES string of the molecule is C[C@H]1S/C(=N\N=C/c2ccccc2Cl)NC1=O. The summed E-state index contributed by atoms with van der Waals surface area (Å²) in [6, 6.07) is 7.34. The summed E-state index contributed by atoms with van der Waals surface area (Å²) in [6.07, 6.45) is 1.56. The summed E-state index contributed by atoms with van der Waals surface area (Å²) in [5.41, 5.74) is 0.792. The molecule has 0 bridgehead atoms. The first-order chi connectivity index (χ1) is 8.16. The van der Waals surface area contributed by atoms with E-state index in [4.69, 9.17) is 11.6 Å². The molecule has 1 aliphatic rings. The fourth-order valence-electron chi connectivity index (χ4n) is 1.23. The lowest BCUT2D eigenvalue weighted by Crippen LogP contribution is -2.23. The third kappa shape index (κ3) is 3.08. The Morgan fingerprint density at radius 2 is 2.24 bits per heavy atom. The predicted octanol–water partition coefficient (Wildman–Crippen LogP) is 2.28. The molecular weight excluding hydrogens is 258 g/mol. The lowest BCUT2D eigenvalue weighted by Gasteiger charge is -1.94. The van der Waals surface area contributed by atoms with E-state index in [1.54, 1.807) is 12.3 Å². The normalized spacial score (nSPS) is 22.4. The lowest BCUT2D eigenvalue weighted by molar-refractivity contribution is -0.118. The minimum Gasteiger partial charge on any atom is -0.303 e. The van der Waals surface area contributed by atoms with Gasteiger partial charge >= 0.3 is 0 Å². The van der Waals surface area contributed by atoms with Gasteiger partial charge in [-0.05, 0) is 13.0 Å². The van der Waals surface area contributed by atoms with Gasteiger partial charge in [-0.2, -0.15) is 5.10 Å². The number of amides is 1. The number of rotatable bonds is 2. The summed E-state index contributed by atoms with van der Waals surface area (Å²) in [6.45, 7) is 1.82. The Kier molecular flexibility index (Phi) is 3.81. The molecule has 17 heavy (non-hydrogen) atoms. The average Bonchev–Trinajstić information content (AvgIpc) is 2.61. The topological polar surface area (TPSA) is 53.8 Å². The summed E-state index contributed by atoms with van der Waals surface area (Å²) in [7, 11) is 0. The molecule has 0 spiro atoms. The maximum Gasteiger partial charge on any atom is 0.239 e. The zero-order chi connectivity index (χ0) is 12.3. The zero-order valence-electron chi connectivity index (χ0n) is 9.05. The third-order valence-corrected chi connectivity index (χ3v) is 3.46. The number of carbonyl (C=O) groups excluding carboxylic acids is 1. The van der Waals surface area contributed by atoms with Gasteiger partial charge in [0, 0.05) is 10.6 Å². The average molecular weight is 268 g/mol. The van der Waals surface area contributed by atoms with Gasteiger partial charge < -0.3 is 5.32 Å². The third-order valence-electron chi connectivity index (χ3n) is 2.14. The van der Waals surface area contributed by atoms with E-state index in [0.717, 1.165) is 5.56 Å². The van der Waals surface area contributed by atoms with Crippen LogP contribution >= 0.6 is 23.4 Å². The number of carbonyl (C=O) groups is 1. The number of hydrogen-bond acceptors (Lipinski definition) is 4. The Morgan fingerprint density at radius 1 is 1.47 bits per heavy atom. The Bertz CT molecular complexity index is 501. The van der Waals surface area contributed by atoms with Crippen LogP contribution in [0.1, 0.15) is 12.5 Å². The summed E-state index contributed by atoms with van der Waals surface area (Å²) in [5.74, 6) is -0.0401. The van der Waals surface area contributed by atoms with Crippen LogP contribution in [0.5, 0.6) is 0 Å². The molecule has 1 heterocycles. The molecule has 88 valence electrons. The largest absolute Gasteiger partial charge is 0.303 e. The number of nitrogens with one attached hydrogen (secondary N) is 1. The van der Waals surface area contributed by atoms with Crippen molar-refractivity contribution in [3.8, 4) is 0 Å². The highest BCUT2D eigenvalue weighted by Gasteiger charge is 2.25. The van der Waals surface area contributed by atoms with E-state index in [1.165, 1.54) is 11.8 Å². The molecule has 1 N–H and O–H groups in total. The molecule has 1 saturated heterocycles. The molecule has 0 unspecified atom stereocenters. The number of hydrogen-bond donors (Lipinski definition) is 1. The fourth-order valence-corrected chi connectivity index (χ4v) is 2.17. The maximum atomic E-state index is 11.2. The summed E-state index contributed by atoms with van der Waals surface area (Å²) >= 11 is 7.31. The molecule has 1 amide bonds. The molecule has 0 radical (unpaired) electrons. The fraction of sp³-hybridized carbons (Fsp3) is 0.182. The lowest BCUT2D eigenvalue weighted by atomic mass is 10.2. The molecule has 1 aromatic carbocycles. The van der Waals surface area contributed by atoms with Crippen molar-refractivity contribution in [2.45, 2.75) is 12.2 Å². The van der Waals surface area contributed by atoms with Crippen molar-refractivity contribution >= 4 is 40.7 Å². The van der Waals surface area contributed by atoms with Gasteiger partial charge in [0.05, 0.1) is 11.5 Å². The van der Waals surface area contributed by atoms with Crippen LogP contribution in [0.2, 0.25) is 5.02 Å². The minimum atomic E-state index is -0.107. The Morgan fingerprint density at radius 3 is 2.88 bits per heavy atom. The molecule has 1 aliphatic heterocycles. The molecular formula is C11H10ClN3OS. The van der Waals surface area contributed by atoms with Gasteiger partial charge in [0.25, 0.3) is 0 Å². The Labute approximate surface area is 108 Å². The van der Waals surface area contributed by atoms with Crippen molar-refractivity contribution in [2.24, 2.45) is 10.2 Å². The van der Waals surface area contributed by atoms with Crippen molar-refractivity contribution in [1.29, 1.82) is 0 Å². The highest BCUT2D eigenvalue weighted by atomic mass is 35.5. The molecule has 1 atom stereocenters. The smallest absolute Gasteiger partial charge is 0.239 e. The van der Waals surface area contributed by atoms with Crippen LogP contribution in [0.3, 0.4) is 0 Å². The van der Waals surface area contributed by atoms with E-state index in [1.807, 2.05) is 25.1 Å². The summed E-state index contributed by atoms with van der Waals surface area (Å²) in [4.78, 5) is 11.2. The van der Waals surface area contributed by atoms with Crippen LogP contribution in [0.15, 0.2) is 34.5 Å². The van der Waals surface area contributed by atoms with Crippen molar-refractivity contribution < 1.29 is 4.79 Å². The number of halogens is 1. The van der Waals surface area contributed by atoms with E-state index in [2.05, 4.69) is 15.5 Å². The van der Waals surface area contributed by atoms with Gasteiger partial charge in [-0.25, -0.2) is 0 Å². The standard InChI is InChI=1S/C11H10ClN3OS/c1-7-10(16)14-11(17-7)15-13-6-8-4-2-3-5-9(8)12/h2-7H,1H3,(H,14,15,16)/b13-6-/t7-/m1/s1. The number of thioether (sulfide) groups is 1. The molecule has 0 saturated carbocycles. The number of amidine groups is 1. The van der Waals surface area contributed by atoms with E-state index < -0.39 is 0 Å². The Hall–Kier alpha value is -1.33. The molecule has 1 fully saturated rings. The summed E-state index contributed by atoms with van der Waals surface area (Å²) < 4.78 is 0. The van der Waals surface area contributed by atoms with Crippen molar-refractivity contribution in [3.63, 3.8) is 0 Å². The van der Waals surface area contributed by atoms with Crippen LogP contribution in [0.4, 0.5) is 0 Å². The second-order valence-electron chi connectivity index (χ2n) is 3.42. The molecule has 0 aromatic heterocycles. The number of benzene rings is 1.